The molecule has 146 valence electrons. The number of urea groups is 1. The van der Waals surface area contributed by atoms with E-state index in [9.17, 15) is 14.4 Å². The number of nitrogens with one attached hydrogen (secondary N) is 2. The van der Waals surface area contributed by atoms with Gasteiger partial charge in [0.1, 0.15) is 11.1 Å². The summed E-state index contributed by atoms with van der Waals surface area (Å²) in [7, 11) is 0. The van der Waals surface area contributed by atoms with Crippen LogP contribution in [0, 0.1) is 0 Å². The zero-order valence-electron chi connectivity index (χ0n) is 15.4. The van der Waals surface area contributed by atoms with Gasteiger partial charge in [-0.15, -0.1) is 0 Å². The molecule has 0 bridgehead atoms. The molecule has 0 radical (unpaired) electrons. The third-order valence-electron chi connectivity index (χ3n) is 4.48. The van der Waals surface area contributed by atoms with Crippen LogP contribution in [0.15, 0.2) is 70.1 Å². The van der Waals surface area contributed by atoms with Gasteiger partial charge in [-0.05, 0) is 17.7 Å². The third-order valence-corrected chi connectivity index (χ3v) is 4.48. The Morgan fingerprint density at radius 1 is 1.03 bits per heavy atom. The summed E-state index contributed by atoms with van der Waals surface area (Å²) in [6.07, 6.45) is 1.33. The average molecular weight is 390 g/mol. The number of carbonyl (C=O) groups is 2. The molecule has 2 N–H and O–H groups in total. The Morgan fingerprint density at radius 3 is 2.62 bits per heavy atom. The van der Waals surface area contributed by atoms with Crippen LogP contribution >= 0.6 is 0 Å². The molecule has 2 aromatic carbocycles. The van der Waals surface area contributed by atoms with E-state index in [1.54, 1.807) is 6.07 Å². The molecule has 0 saturated carbocycles. The number of aryl methyl sites for hydroxylation is 1. The molecule has 0 aliphatic heterocycles. The van der Waals surface area contributed by atoms with Crippen molar-refractivity contribution in [2.75, 3.05) is 0 Å². The van der Waals surface area contributed by atoms with E-state index in [4.69, 9.17) is 4.42 Å². The van der Waals surface area contributed by atoms with Gasteiger partial charge in [0.2, 0.25) is 11.5 Å². The first-order valence-corrected chi connectivity index (χ1v) is 9.10. The topological polar surface area (TPSA) is 106 Å². The predicted molar refractivity (Wildman–Crippen MR) is 107 cm³/mol. The number of imide groups is 1. The Labute approximate surface area is 165 Å². The summed E-state index contributed by atoms with van der Waals surface area (Å²) < 4.78 is 6.91. The fourth-order valence-corrected chi connectivity index (χ4v) is 3.01. The Kier molecular flexibility index (Phi) is 5.07. The molecular formula is C21H18N4O4. The van der Waals surface area contributed by atoms with E-state index >= 15 is 0 Å². The van der Waals surface area contributed by atoms with Crippen LogP contribution in [0.5, 0.6) is 0 Å². The molecule has 29 heavy (non-hydrogen) atoms. The second-order valence-electron chi connectivity index (χ2n) is 6.49. The predicted octanol–water partition coefficient (Wildman–Crippen LogP) is 2.56. The molecular weight excluding hydrogens is 372 g/mol. The van der Waals surface area contributed by atoms with Crippen molar-refractivity contribution in [3.63, 3.8) is 0 Å². The number of benzene rings is 2. The smallest absolute Gasteiger partial charge is 0.321 e. The highest BCUT2D eigenvalue weighted by Gasteiger charge is 2.14. The maximum atomic E-state index is 12.6. The number of para-hydroxylation sites is 1. The lowest BCUT2D eigenvalue weighted by molar-refractivity contribution is -0.120. The van der Waals surface area contributed by atoms with Crippen molar-refractivity contribution in [3.8, 4) is 0 Å². The Bertz CT molecular complexity index is 1240. The molecule has 2 heterocycles. The first-order valence-electron chi connectivity index (χ1n) is 9.10. The first-order chi connectivity index (χ1) is 14.1. The number of hydrogen-bond donors (Lipinski definition) is 2. The number of fused-ring (bicyclic) bond motifs is 3. The van der Waals surface area contributed by atoms with Gasteiger partial charge >= 0.3 is 6.03 Å². The quantitative estimate of drug-likeness (QED) is 0.545. The van der Waals surface area contributed by atoms with Crippen LogP contribution in [0.1, 0.15) is 12.0 Å². The minimum Gasteiger partial charge on any atom is -0.448 e. The van der Waals surface area contributed by atoms with Crippen molar-refractivity contribution < 1.29 is 14.0 Å². The van der Waals surface area contributed by atoms with E-state index < -0.39 is 11.9 Å². The Hall–Kier alpha value is -3.94. The van der Waals surface area contributed by atoms with E-state index in [2.05, 4.69) is 15.6 Å². The van der Waals surface area contributed by atoms with Gasteiger partial charge in [-0.3, -0.25) is 19.5 Å². The van der Waals surface area contributed by atoms with Crippen molar-refractivity contribution >= 4 is 34.0 Å². The molecule has 0 aliphatic carbocycles. The normalized spacial score (nSPS) is 10.9. The van der Waals surface area contributed by atoms with Crippen LogP contribution in [0.4, 0.5) is 4.79 Å². The Balaban J connectivity index is 1.37. The van der Waals surface area contributed by atoms with Crippen LogP contribution < -0.4 is 16.2 Å². The van der Waals surface area contributed by atoms with Crippen molar-refractivity contribution in [2.45, 2.75) is 19.5 Å². The van der Waals surface area contributed by atoms with E-state index in [1.807, 2.05) is 48.5 Å². The minimum atomic E-state index is -0.586. The molecule has 0 spiro atoms. The van der Waals surface area contributed by atoms with Gasteiger partial charge in [0.15, 0.2) is 0 Å². The fourth-order valence-electron chi connectivity index (χ4n) is 3.01. The number of nitrogens with zero attached hydrogens (tertiary/aromatic N) is 2. The summed E-state index contributed by atoms with van der Waals surface area (Å²) in [5.41, 5.74) is 1.78. The number of rotatable bonds is 5. The highest BCUT2D eigenvalue weighted by Crippen LogP contribution is 2.23. The van der Waals surface area contributed by atoms with Gasteiger partial charge in [0.25, 0.3) is 5.56 Å². The molecule has 0 atom stereocenters. The maximum absolute atomic E-state index is 12.6. The number of carbonyl (C=O) groups excluding carboxylic acids is 2. The van der Waals surface area contributed by atoms with Gasteiger partial charge in [0.05, 0.1) is 6.33 Å². The molecule has 0 fully saturated rings. The largest absolute Gasteiger partial charge is 0.448 e. The molecule has 0 saturated heterocycles. The number of hydrogen-bond acceptors (Lipinski definition) is 5. The SMILES string of the molecule is O=C(CCn1cnc2c(oc3ccccc32)c1=O)NC(=O)NCc1ccccc1. The molecule has 2 aromatic heterocycles. The molecule has 0 aliphatic rings. The first kappa shape index (κ1) is 18.4. The zero-order valence-corrected chi connectivity index (χ0v) is 15.4. The second-order valence-corrected chi connectivity index (χ2v) is 6.49. The van der Waals surface area contributed by atoms with Gasteiger partial charge in [-0.1, -0.05) is 42.5 Å². The van der Waals surface area contributed by atoms with Crippen LogP contribution in [0.3, 0.4) is 0 Å². The van der Waals surface area contributed by atoms with Crippen molar-refractivity contribution in [1.29, 1.82) is 0 Å². The number of furan rings is 1. The summed E-state index contributed by atoms with van der Waals surface area (Å²) in [4.78, 5) is 40.8. The van der Waals surface area contributed by atoms with Crippen LogP contribution in [0.2, 0.25) is 0 Å². The Morgan fingerprint density at radius 2 is 1.79 bits per heavy atom. The van der Waals surface area contributed by atoms with Gasteiger partial charge in [-0.2, -0.15) is 0 Å². The molecule has 8 nitrogen and oxygen atoms in total. The van der Waals surface area contributed by atoms with Gasteiger partial charge in [0, 0.05) is 24.9 Å². The minimum absolute atomic E-state index is 0.0495. The van der Waals surface area contributed by atoms with Crippen molar-refractivity contribution in [1.82, 2.24) is 20.2 Å². The van der Waals surface area contributed by atoms with Crippen molar-refractivity contribution in [3.05, 3.63) is 76.8 Å². The summed E-state index contributed by atoms with van der Waals surface area (Å²) in [5, 5.41) is 5.63. The molecule has 8 heteroatoms. The summed E-state index contributed by atoms with van der Waals surface area (Å²) in [6, 6.07) is 16.0. The molecule has 4 rings (SSSR count). The summed E-state index contributed by atoms with van der Waals surface area (Å²) >= 11 is 0. The lowest BCUT2D eigenvalue weighted by Gasteiger charge is -2.07. The number of aromatic nitrogens is 2. The fraction of sp³-hybridized carbons (Fsp3) is 0.143. The van der Waals surface area contributed by atoms with Crippen LogP contribution in [-0.4, -0.2) is 21.5 Å². The van der Waals surface area contributed by atoms with Crippen LogP contribution in [0.25, 0.3) is 22.1 Å². The van der Waals surface area contributed by atoms with Crippen molar-refractivity contribution in [2.24, 2.45) is 0 Å². The van der Waals surface area contributed by atoms with E-state index in [1.165, 1.54) is 10.9 Å². The van der Waals surface area contributed by atoms with E-state index in [0.29, 0.717) is 17.6 Å². The van der Waals surface area contributed by atoms with E-state index in [0.717, 1.165) is 10.9 Å². The van der Waals surface area contributed by atoms with E-state index in [-0.39, 0.29) is 24.1 Å². The maximum Gasteiger partial charge on any atom is 0.321 e. The van der Waals surface area contributed by atoms with Gasteiger partial charge < -0.3 is 9.73 Å². The molecule has 0 unspecified atom stereocenters. The summed E-state index contributed by atoms with van der Waals surface area (Å²) in [5.74, 6) is -0.493. The average Bonchev–Trinajstić information content (AvgIpc) is 3.12. The lowest BCUT2D eigenvalue weighted by atomic mass is 10.2. The standard InChI is InChI=1S/C21H18N4O4/c26-17(24-21(28)22-12-14-6-2-1-3-7-14)10-11-25-13-23-18-15-8-4-5-9-16(15)29-19(18)20(25)27/h1-9,13H,10-12H2,(H2,22,24,26,28). The third kappa shape index (κ3) is 4.01. The van der Waals surface area contributed by atoms with Gasteiger partial charge in [-0.25, -0.2) is 9.78 Å². The summed E-state index contributed by atoms with van der Waals surface area (Å²) in [6.45, 7) is 0.392. The highest BCUT2D eigenvalue weighted by atomic mass is 16.3. The monoisotopic (exact) mass is 390 g/mol. The zero-order chi connectivity index (χ0) is 20.2. The number of amides is 3. The molecule has 4 aromatic rings. The molecule has 3 amide bonds. The second kappa shape index (κ2) is 7.97. The lowest BCUT2D eigenvalue weighted by Crippen LogP contribution is -2.39. The van der Waals surface area contributed by atoms with Crippen LogP contribution in [-0.2, 0) is 17.9 Å². The highest BCUT2D eigenvalue weighted by molar-refractivity contribution is 6.01.